The summed E-state index contributed by atoms with van der Waals surface area (Å²) in [4.78, 5) is 41.1. The van der Waals surface area contributed by atoms with Crippen molar-refractivity contribution in [3.63, 3.8) is 0 Å². The van der Waals surface area contributed by atoms with E-state index in [1.807, 2.05) is 32.0 Å². The van der Waals surface area contributed by atoms with Gasteiger partial charge in [-0.1, -0.05) is 13.0 Å². The minimum Gasteiger partial charge on any atom is -0.462 e. The molecule has 0 spiro atoms. The van der Waals surface area contributed by atoms with Crippen LogP contribution in [0.5, 0.6) is 0 Å². The molecular formula is C19H26N2O5S. The van der Waals surface area contributed by atoms with Crippen molar-refractivity contribution in [2.45, 2.75) is 31.3 Å². The number of hydrogen-bond acceptors (Lipinski definition) is 7. The Labute approximate surface area is 164 Å². The highest BCUT2D eigenvalue weighted by atomic mass is 32.2. The number of hydrogen-bond donors (Lipinski definition) is 0. The summed E-state index contributed by atoms with van der Waals surface area (Å²) in [5, 5.41) is 0. The summed E-state index contributed by atoms with van der Waals surface area (Å²) in [6, 6.07) is 5.25. The second-order valence-corrected chi connectivity index (χ2v) is 7.52. The van der Waals surface area contributed by atoms with Crippen LogP contribution in [0.15, 0.2) is 23.1 Å². The Morgan fingerprint density at radius 1 is 1.33 bits per heavy atom. The maximum atomic E-state index is 13.0. The van der Waals surface area contributed by atoms with Crippen LogP contribution in [-0.2, 0) is 19.1 Å². The van der Waals surface area contributed by atoms with Gasteiger partial charge in [-0.25, -0.2) is 4.79 Å². The predicted molar refractivity (Wildman–Crippen MR) is 104 cm³/mol. The van der Waals surface area contributed by atoms with Crippen LogP contribution in [0.25, 0.3) is 0 Å². The van der Waals surface area contributed by atoms with Gasteiger partial charge in [-0.2, -0.15) is 0 Å². The molecule has 0 aliphatic carbocycles. The van der Waals surface area contributed by atoms with Crippen LogP contribution >= 0.6 is 11.8 Å². The van der Waals surface area contributed by atoms with Crippen molar-refractivity contribution in [2.24, 2.45) is 0 Å². The number of rotatable bonds is 7. The third-order valence-corrected chi connectivity index (χ3v) is 5.13. The number of benzene rings is 1. The molecule has 1 aromatic carbocycles. The normalized spacial score (nSPS) is 16.7. The largest absolute Gasteiger partial charge is 0.462 e. The molecule has 0 radical (unpaired) electrons. The Morgan fingerprint density at radius 2 is 2.07 bits per heavy atom. The number of ether oxygens (including phenoxy) is 2. The first-order chi connectivity index (χ1) is 12.8. The van der Waals surface area contributed by atoms with E-state index in [4.69, 9.17) is 9.47 Å². The van der Waals surface area contributed by atoms with Crippen molar-refractivity contribution in [3.8, 4) is 0 Å². The zero-order valence-electron chi connectivity index (χ0n) is 16.2. The van der Waals surface area contributed by atoms with Gasteiger partial charge in [-0.05, 0) is 32.6 Å². The molecule has 148 valence electrons. The first kappa shape index (κ1) is 21.2. The van der Waals surface area contributed by atoms with E-state index in [0.29, 0.717) is 35.8 Å². The highest BCUT2D eigenvalue weighted by Gasteiger charge is 2.34. The third-order valence-electron chi connectivity index (χ3n) is 3.94. The van der Waals surface area contributed by atoms with Gasteiger partial charge in [0, 0.05) is 30.7 Å². The van der Waals surface area contributed by atoms with Crippen molar-refractivity contribution < 1.29 is 23.9 Å². The maximum absolute atomic E-state index is 13.0. The Kier molecular flexibility index (Phi) is 7.67. The maximum Gasteiger partial charge on any atom is 0.339 e. The molecule has 0 aromatic heterocycles. The van der Waals surface area contributed by atoms with Gasteiger partial charge in [0.05, 0.1) is 17.9 Å². The summed E-state index contributed by atoms with van der Waals surface area (Å²) >= 11 is 1.34. The van der Waals surface area contributed by atoms with Gasteiger partial charge in [0.25, 0.3) is 5.91 Å². The number of nitrogens with zero attached hydrogens (tertiary/aromatic N) is 2. The monoisotopic (exact) mass is 394 g/mol. The van der Waals surface area contributed by atoms with Crippen LogP contribution in [0.1, 0.15) is 30.6 Å². The number of thioether (sulfide) groups is 1. The molecule has 1 aliphatic rings. The van der Waals surface area contributed by atoms with Crippen molar-refractivity contribution in [3.05, 3.63) is 23.8 Å². The topological polar surface area (TPSA) is 76.1 Å². The van der Waals surface area contributed by atoms with Crippen LogP contribution in [0, 0.1) is 0 Å². The number of carbonyl (C=O) groups is 3. The number of anilines is 1. The lowest BCUT2D eigenvalue weighted by Gasteiger charge is -2.26. The van der Waals surface area contributed by atoms with Crippen LogP contribution in [-0.4, -0.2) is 68.4 Å². The fourth-order valence-electron chi connectivity index (χ4n) is 2.66. The fourth-order valence-corrected chi connectivity index (χ4v) is 3.82. The Bertz CT molecular complexity index is 707. The van der Waals surface area contributed by atoms with E-state index in [1.54, 1.807) is 17.0 Å². The molecule has 8 heteroatoms. The highest BCUT2D eigenvalue weighted by molar-refractivity contribution is 7.99. The van der Waals surface area contributed by atoms with Gasteiger partial charge in [0.2, 0.25) is 0 Å². The zero-order chi connectivity index (χ0) is 20.0. The van der Waals surface area contributed by atoms with Gasteiger partial charge < -0.3 is 19.3 Å². The van der Waals surface area contributed by atoms with Crippen LogP contribution < -0.4 is 4.90 Å². The van der Waals surface area contributed by atoms with E-state index < -0.39 is 18.0 Å². The van der Waals surface area contributed by atoms with E-state index >= 15 is 0 Å². The molecule has 27 heavy (non-hydrogen) atoms. The van der Waals surface area contributed by atoms with Crippen molar-refractivity contribution in [2.75, 3.05) is 44.4 Å². The number of amides is 1. The average Bonchev–Trinajstić information content (AvgIpc) is 2.74. The van der Waals surface area contributed by atoms with Crippen LogP contribution in [0.3, 0.4) is 0 Å². The summed E-state index contributed by atoms with van der Waals surface area (Å²) in [6.45, 7) is 4.61. The molecule has 1 atom stereocenters. The third kappa shape index (κ3) is 5.46. The average molecular weight is 394 g/mol. The lowest BCUT2D eigenvalue weighted by Crippen LogP contribution is -2.44. The number of likely N-dealkylation sites (N-methyl/N-ethyl adjacent to an activating group) is 1. The Balaban J connectivity index is 2.42. The summed E-state index contributed by atoms with van der Waals surface area (Å²) in [5.74, 6) is -0.943. The SMILES string of the molecule is CCCOC(=O)c1cccc2c1SC[C@@H](OC(C)=O)C(=O)N2CCN(C)C. The molecular weight excluding hydrogens is 368 g/mol. The lowest BCUT2D eigenvalue weighted by atomic mass is 10.1. The molecule has 0 saturated carbocycles. The van der Waals surface area contributed by atoms with Crippen molar-refractivity contribution >= 4 is 35.3 Å². The number of fused-ring (bicyclic) bond motifs is 1. The highest BCUT2D eigenvalue weighted by Crippen LogP contribution is 2.38. The van der Waals surface area contributed by atoms with E-state index in [0.717, 1.165) is 6.42 Å². The van der Waals surface area contributed by atoms with Gasteiger partial charge in [-0.15, -0.1) is 11.8 Å². The quantitative estimate of drug-likeness (QED) is 0.656. The molecule has 0 unspecified atom stereocenters. The fraction of sp³-hybridized carbons (Fsp3) is 0.526. The lowest BCUT2D eigenvalue weighted by molar-refractivity contribution is -0.151. The second-order valence-electron chi connectivity index (χ2n) is 6.49. The first-order valence-corrected chi connectivity index (χ1v) is 9.90. The minimum absolute atomic E-state index is 0.252. The Morgan fingerprint density at radius 3 is 2.70 bits per heavy atom. The second kappa shape index (κ2) is 9.75. The minimum atomic E-state index is -0.887. The van der Waals surface area contributed by atoms with Gasteiger partial charge in [0.1, 0.15) is 0 Å². The van der Waals surface area contributed by atoms with Crippen molar-refractivity contribution in [1.82, 2.24) is 4.90 Å². The number of esters is 2. The molecule has 1 aromatic rings. The van der Waals surface area contributed by atoms with Crippen LogP contribution in [0.4, 0.5) is 5.69 Å². The summed E-state index contributed by atoms with van der Waals surface area (Å²) in [5.41, 5.74) is 1.07. The molecule has 0 bridgehead atoms. The van der Waals surface area contributed by atoms with E-state index in [9.17, 15) is 14.4 Å². The molecule has 1 heterocycles. The molecule has 0 saturated heterocycles. The molecule has 0 fully saturated rings. The Hall–Kier alpha value is -2.06. The molecule has 1 amide bonds. The molecule has 0 N–H and O–H groups in total. The number of carbonyl (C=O) groups excluding carboxylic acids is 3. The van der Waals surface area contributed by atoms with E-state index in [-0.39, 0.29) is 11.7 Å². The molecule has 1 aliphatic heterocycles. The van der Waals surface area contributed by atoms with E-state index in [2.05, 4.69) is 0 Å². The summed E-state index contributed by atoms with van der Waals surface area (Å²) in [6.07, 6.45) is -0.155. The zero-order valence-corrected chi connectivity index (χ0v) is 17.0. The molecule has 7 nitrogen and oxygen atoms in total. The van der Waals surface area contributed by atoms with Gasteiger partial charge in [0.15, 0.2) is 6.10 Å². The van der Waals surface area contributed by atoms with Crippen LogP contribution in [0.2, 0.25) is 0 Å². The standard InChI is InChI=1S/C19H26N2O5S/c1-5-11-25-19(24)14-7-6-8-15-17(14)27-12-16(26-13(2)22)18(23)21(15)10-9-20(3)4/h6-8,16H,5,9-12H2,1-4H3/t16-/m1/s1. The summed E-state index contributed by atoms with van der Waals surface area (Å²) in [7, 11) is 3.83. The summed E-state index contributed by atoms with van der Waals surface area (Å²) < 4.78 is 10.5. The first-order valence-electron chi connectivity index (χ1n) is 8.91. The van der Waals surface area contributed by atoms with Gasteiger partial charge in [-0.3, -0.25) is 9.59 Å². The van der Waals surface area contributed by atoms with E-state index in [1.165, 1.54) is 18.7 Å². The van der Waals surface area contributed by atoms with Gasteiger partial charge >= 0.3 is 11.9 Å². The van der Waals surface area contributed by atoms with Crippen molar-refractivity contribution in [1.29, 1.82) is 0 Å². The molecule has 2 rings (SSSR count). The predicted octanol–water partition coefficient (Wildman–Crippen LogP) is 2.19. The smallest absolute Gasteiger partial charge is 0.339 e.